The van der Waals surface area contributed by atoms with Crippen molar-refractivity contribution in [1.82, 2.24) is 15.1 Å². The molecule has 0 radical (unpaired) electrons. The molecule has 0 bridgehead atoms. The lowest BCUT2D eigenvalue weighted by atomic mass is 10.3. The van der Waals surface area contributed by atoms with Gasteiger partial charge in [-0.05, 0) is 13.0 Å². The maximum Gasteiger partial charge on any atom is 0.0615 e. The van der Waals surface area contributed by atoms with Crippen LogP contribution >= 0.6 is 0 Å². The molecule has 1 aromatic rings. The summed E-state index contributed by atoms with van der Waals surface area (Å²) in [7, 11) is 0. The molecule has 4 nitrogen and oxygen atoms in total. The number of hydrogen-bond donors (Lipinski definition) is 2. The van der Waals surface area contributed by atoms with E-state index in [-0.39, 0.29) is 0 Å². The quantitative estimate of drug-likeness (QED) is 0.608. The van der Waals surface area contributed by atoms with Gasteiger partial charge in [0.2, 0.25) is 0 Å². The normalized spacial score (nSPS) is 13.2. The van der Waals surface area contributed by atoms with E-state index in [1.54, 1.807) is 6.20 Å². The van der Waals surface area contributed by atoms with E-state index >= 15 is 0 Å². The van der Waals surface area contributed by atoms with E-state index in [1.165, 1.54) is 0 Å². The molecule has 0 saturated heterocycles. The average Bonchev–Trinajstić information content (AvgIpc) is 2.56. The summed E-state index contributed by atoms with van der Waals surface area (Å²) in [6, 6.07) is 2.32. The van der Waals surface area contributed by atoms with Crippen molar-refractivity contribution in [2.24, 2.45) is 5.73 Å². The number of aromatic nitrogens is 2. The van der Waals surface area contributed by atoms with Crippen LogP contribution in [0.25, 0.3) is 0 Å². The summed E-state index contributed by atoms with van der Waals surface area (Å²) in [6.07, 6.45) is 3.76. The molecule has 1 rings (SSSR count). The fraction of sp³-hybridized carbons (Fsp3) is 0.625. The van der Waals surface area contributed by atoms with Gasteiger partial charge in [0.25, 0.3) is 0 Å². The van der Waals surface area contributed by atoms with E-state index in [4.69, 9.17) is 5.73 Å². The summed E-state index contributed by atoms with van der Waals surface area (Å²) in [4.78, 5) is 0. The van der Waals surface area contributed by atoms with Crippen LogP contribution in [0.1, 0.15) is 13.0 Å². The highest BCUT2D eigenvalue weighted by Gasteiger charge is 2.01. The number of hydrogen-bond acceptors (Lipinski definition) is 3. The zero-order valence-electron chi connectivity index (χ0n) is 7.40. The minimum Gasteiger partial charge on any atom is -0.329 e. The third kappa shape index (κ3) is 2.64. The minimum absolute atomic E-state index is 0.395. The van der Waals surface area contributed by atoms with Gasteiger partial charge in [-0.15, -0.1) is 0 Å². The fourth-order valence-corrected chi connectivity index (χ4v) is 1.05. The summed E-state index contributed by atoms with van der Waals surface area (Å²) in [6.45, 7) is 4.59. The number of nitrogens with two attached hydrogens (primary N) is 1. The first kappa shape index (κ1) is 9.22. The largest absolute Gasteiger partial charge is 0.329 e. The molecular formula is C8H16N4. The molecule has 0 fully saturated rings. The Balaban J connectivity index is 2.25. The Hall–Kier alpha value is -0.870. The van der Waals surface area contributed by atoms with Crippen molar-refractivity contribution < 1.29 is 0 Å². The Morgan fingerprint density at radius 1 is 1.67 bits per heavy atom. The summed E-state index contributed by atoms with van der Waals surface area (Å²) in [5.74, 6) is 0. The molecule has 0 saturated carbocycles. The molecule has 0 amide bonds. The van der Waals surface area contributed by atoms with E-state index in [0.29, 0.717) is 12.6 Å². The number of nitrogens with one attached hydrogen (secondary N) is 1. The molecule has 3 N–H and O–H groups in total. The Bertz CT molecular complexity index is 195. The van der Waals surface area contributed by atoms with Gasteiger partial charge in [-0.2, -0.15) is 5.10 Å². The van der Waals surface area contributed by atoms with Gasteiger partial charge in [0.05, 0.1) is 6.04 Å². The van der Waals surface area contributed by atoms with Crippen LogP contribution in [-0.4, -0.2) is 29.4 Å². The molecule has 68 valence electrons. The monoisotopic (exact) mass is 168 g/mol. The van der Waals surface area contributed by atoms with Crippen LogP contribution in [-0.2, 0) is 0 Å². The SMILES string of the molecule is CC(CNCCN)n1cccn1. The maximum atomic E-state index is 5.35. The van der Waals surface area contributed by atoms with Crippen LogP contribution < -0.4 is 11.1 Å². The lowest BCUT2D eigenvalue weighted by Crippen LogP contribution is -2.28. The van der Waals surface area contributed by atoms with Crippen molar-refractivity contribution in [3.05, 3.63) is 18.5 Å². The molecule has 0 aromatic carbocycles. The number of nitrogens with zero attached hydrogens (tertiary/aromatic N) is 2. The topological polar surface area (TPSA) is 55.9 Å². The second kappa shape index (κ2) is 4.90. The van der Waals surface area contributed by atoms with Gasteiger partial charge in [0, 0.05) is 32.0 Å². The highest BCUT2D eigenvalue weighted by Crippen LogP contribution is 1.99. The first-order chi connectivity index (χ1) is 5.84. The molecule has 12 heavy (non-hydrogen) atoms. The molecule has 1 heterocycles. The highest BCUT2D eigenvalue weighted by atomic mass is 15.3. The average molecular weight is 168 g/mol. The molecule has 0 aliphatic rings. The third-order valence-electron chi connectivity index (χ3n) is 1.74. The van der Waals surface area contributed by atoms with Crippen LogP contribution in [0.4, 0.5) is 0 Å². The van der Waals surface area contributed by atoms with Crippen LogP contribution in [0.2, 0.25) is 0 Å². The Morgan fingerprint density at radius 3 is 3.08 bits per heavy atom. The van der Waals surface area contributed by atoms with Crippen LogP contribution in [0.3, 0.4) is 0 Å². The van der Waals surface area contributed by atoms with Crippen molar-refractivity contribution >= 4 is 0 Å². The summed E-state index contributed by atoms with van der Waals surface area (Å²) >= 11 is 0. The number of rotatable bonds is 5. The van der Waals surface area contributed by atoms with E-state index < -0.39 is 0 Å². The standard InChI is InChI=1S/C8H16N4/c1-8(7-10-5-3-9)12-6-2-4-11-12/h2,4,6,8,10H,3,5,7,9H2,1H3. The van der Waals surface area contributed by atoms with Crippen molar-refractivity contribution in [2.45, 2.75) is 13.0 Å². The predicted molar refractivity (Wildman–Crippen MR) is 48.9 cm³/mol. The smallest absolute Gasteiger partial charge is 0.0615 e. The van der Waals surface area contributed by atoms with Gasteiger partial charge in [0.1, 0.15) is 0 Å². The van der Waals surface area contributed by atoms with Gasteiger partial charge >= 0.3 is 0 Å². The Kier molecular flexibility index (Phi) is 3.76. The van der Waals surface area contributed by atoms with Gasteiger partial charge in [0.15, 0.2) is 0 Å². The van der Waals surface area contributed by atoms with E-state index in [1.807, 2.05) is 16.9 Å². The zero-order chi connectivity index (χ0) is 8.81. The summed E-state index contributed by atoms with van der Waals surface area (Å²) in [5.41, 5.74) is 5.35. The fourth-order valence-electron chi connectivity index (χ4n) is 1.05. The summed E-state index contributed by atoms with van der Waals surface area (Å²) in [5, 5.41) is 7.38. The molecule has 4 heteroatoms. The molecule has 1 atom stereocenters. The molecular weight excluding hydrogens is 152 g/mol. The molecule has 0 aliphatic carbocycles. The van der Waals surface area contributed by atoms with Crippen LogP contribution in [0.5, 0.6) is 0 Å². The van der Waals surface area contributed by atoms with Crippen molar-refractivity contribution in [2.75, 3.05) is 19.6 Å². The second-order valence-corrected chi connectivity index (χ2v) is 2.83. The van der Waals surface area contributed by atoms with Gasteiger partial charge in [-0.3, -0.25) is 4.68 Å². The maximum absolute atomic E-state index is 5.35. The molecule has 0 spiro atoms. The van der Waals surface area contributed by atoms with Crippen molar-refractivity contribution in [3.63, 3.8) is 0 Å². The summed E-state index contributed by atoms with van der Waals surface area (Å²) < 4.78 is 1.93. The third-order valence-corrected chi connectivity index (χ3v) is 1.74. The molecule has 1 aromatic heterocycles. The first-order valence-electron chi connectivity index (χ1n) is 4.24. The van der Waals surface area contributed by atoms with Crippen LogP contribution in [0.15, 0.2) is 18.5 Å². The van der Waals surface area contributed by atoms with Crippen molar-refractivity contribution in [1.29, 1.82) is 0 Å². The van der Waals surface area contributed by atoms with Crippen LogP contribution in [0, 0.1) is 0 Å². The second-order valence-electron chi connectivity index (χ2n) is 2.83. The van der Waals surface area contributed by atoms with Crippen molar-refractivity contribution in [3.8, 4) is 0 Å². The lowest BCUT2D eigenvalue weighted by Gasteiger charge is -2.12. The Morgan fingerprint density at radius 2 is 2.50 bits per heavy atom. The predicted octanol–water partition coefficient (Wildman–Crippen LogP) is -0.00760. The lowest BCUT2D eigenvalue weighted by molar-refractivity contribution is 0.457. The first-order valence-corrected chi connectivity index (χ1v) is 4.24. The minimum atomic E-state index is 0.395. The van der Waals surface area contributed by atoms with Gasteiger partial charge < -0.3 is 11.1 Å². The van der Waals surface area contributed by atoms with E-state index in [9.17, 15) is 0 Å². The van der Waals surface area contributed by atoms with Gasteiger partial charge in [-0.1, -0.05) is 0 Å². The van der Waals surface area contributed by atoms with E-state index in [0.717, 1.165) is 13.1 Å². The highest BCUT2D eigenvalue weighted by molar-refractivity contribution is 4.80. The van der Waals surface area contributed by atoms with E-state index in [2.05, 4.69) is 17.3 Å². The molecule has 0 aliphatic heterocycles. The van der Waals surface area contributed by atoms with Gasteiger partial charge in [-0.25, -0.2) is 0 Å². The molecule has 1 unspecified atom stereocenters. The zero-order valence-corrected chi connectivity index (χ0v) is 7.40. The Labute approximate surface area is 72.8 Å².